The van der Waals surface area contributed by atoms with Crippen molar-refractivity contribution in [3.8, 4) is 11.6 Å². The Bertz CT molecular complexity index is 212. The molecule has 2 N–H and O–H groups in total. The summed E-state index contributed by atoms with van der Waals surface area (Å²) in [6.45, 7) is 1.57. The number of nitrogens with zero attached hydrogens (tertiary/aromatic N) is 1. The first kappa shape index (κ1) is 7.15. The van der Waals surface area contributed by atoms with Crippen LogP contribution in [-0.4, -0.2) is 15.2 Å². The maximum absolute atomic E-state index is 8.97. The van der Waals surface area contributed by atoms with Gasteiger partial charge in [0.15, 0.2) is 0 Å². The van der Waals surface area contributed by atoms with E-state index in [2.05, 4.69) is 4.98 Å². The van der Waals surface area contributed by atoms with Gasteiger partial charge in [0.2, 0.25) is 5.88 Å². The van der Waals surface area contributed by atoms with Gasteiger partial charge in [0.05, 0.1) is 5.69 Å². The van der Waals surface area contributed by atoms with Crippen LogP contribution in [0.25, 0.3) is 0 Å². The molecule has 0 aliphatic heterocycles. The molecule has 4 heteroatoms. The molecule has 0 bridgehead atoms. The number of halogens is 1. The number of rotatable bonds is 0. The van der Waals surface area contributed by atoms with E-state index in [1.165, 1.54) is 6.07 Å². The lowest BCUT2D eigenvalue weighted by molar-refractivity contribution is 0.436. The molecular weight excluding hydrogens is 154 g/mol. The number of aryl methyl sites for hydroxylation is 1. The van der Waals surface area contributed by atoms with Gasteiger partial charge < -0.3 is 10.2 Å². The van der Waals surface area contributed by atoms with Gasteiger partial charge in [-0.2, -0.15) is 0 Å². The zero-order chi connectivity index (χ0) is 7.72. The topological polar surface area (TPSA) is 53.4 Å². The molecule has 0 spiro atoms. The summed E-state index contributed by atoms with van der Waals surface area (Å²) in [6.07, 6.45) is 0. The Morgan fingerprint density at radius 3 is 2.60 bits per heavy atom. The molecule has 0 aliphatic carbocycles. The summed E-state index contributed by atoms with van der Waals surface area (Å²) in [4.78, 5) is 3.55. The lowest BCUT2D eigenvalue weighted by Gasteiger charge is -1.98. The van der Waals surface area contributed by atoms with Crippen molar-refractivity contribution in [2.24, 2.45) is 0 Å². The van der Waals surface area contributed by atoms with Crippen molar-refractivity contribution < 1.29 is 10.2 Å². The molecule has 0 unspecified atom stereocenters. The first-order chi connectivity index (χ1) is 4.61. The van der Waals surface area contributed by atoms with Gasteiger partial charge in [0.1, 0.15) is 10.8 Å². The average molecular weight is 160 g/mol. The molecule has 0 fully saturated rings. The Morgan fingerprint density at radius 2 is 2.10 bits per heavy atom. The molecule has 54 valence electrons. The van der Waals surface area contributed by atoms with E-state index in [1.807, 2.05) is 0 Å². The van der Waals surface area contributed by atoms with E-state index in [0.29, 0.717) is 5.69 Å². The van der Waals surface area contributed by atoms with Crippen LogP contribution >= 0.6 is 11.6 Å². The summed E-state index contributed by atoms with van der Waals surface area (Å²) in [7, 11) is 0. The molecule has 0 aliphatic rings. The highest BCUT2D eigenvalue weighted by Gasteiger charge is 2.03. The standard InChI is InChI=1S/C6H6ClNO2/c1-3-5(9)2-4(7)6(10)8-3/h2,9H,1H3,(H,8,10). The van der Waals surface area contributed by atoms with Gasteiger partial charge in [-0.3, -0.25) is 0 Å². The van der Waals surface area contributed by atoms with Crippen molar-refractivity contribution in [2.75, 3.05) is 0 Å². The van der Waals surface area contributed by atoms with Crippen molar-refractivity contribution in [3.05, 3.63) is 16.8 Å². The van der Waals surface area contributed by atoms with Crippen LogP contribution in [0.1, 0.15) is 5.69 Å². The third kappa shape index (κ3) is 1.14. The van der Waals surface area contributed by atoms with E-state index in [0.717, 1.165) is 0 Å². The summed E-state index contributed by atoms with van der Waals surface area (Å²) in [5, 5.41) is 17.9. The van der Waals surface area contributed by atoms with Gasteiger partial charge >= 0.3 is 0 Å². The van der Waals surface area contributed by atoms with Crippen molar-refractivity contribution in [3.63, 3.8) is 0 Å². The smallest absolute Gasteiger partial charge is 0.230 e. The minimum Gasteiger partial charge on any atom is -0.506 e. The fourth-order valence-electron chi connectivity index (χ4n) is 0.559. The normalized spacial score (nSPS) is 9.80. The molecule has 1 aromatic heterocycles. The Balaban J connectivity index is 3.28. The second-order valence-corrected chi connectivity index (χ2v) is 2.31. The second kappa shape index (κ2) is 2.34. The van der Waals surface area contributed by atoms with E-state index in [9.17, 15) is 0 Å². The van der Waals surface area contributed by atoms with Gasteiger partial charge in [-0.15, -0.1) is 0 Å². The van der Waals surface area contributed by atoms with Crippen LogP contribution in [0.2, 0.25) is 5.02 Å². The van der Waals surface area contributed by atoms with Crippen LogP contribution in [0.5, 0.6) is 11.6 Å². The first-order valence-corrected chi connectivity index (χ1v) is 3.04. The molecule has 1 aromatic rings. The Labute approximate surface area is 62.9 Å². The average Bonchev–Trinajstić information content (AvgIpc) is 1.84. The summed E-state index contributed by atoms with van der Waals surface area (Å²) in [6, 6.07) is 1.25. The van der Waals surface area contributed by atoms with Crippen LogP contribution in [-0.2, 0) is 0 Å². The summed E-state index contributed by atoms with van der Waals surface area (Å²) in [5.74, 6) is -0.264. The van der Waals surface area contributed by atoms with Crippen molar-refractivity contribution in [1.82, 2.24) is 4.98 Å². The molecule has 0 aromatic carbocycles. The molecule has 1 rings (SSSR count). The SMILES string of the molecule is Cc1nc(O)c(Cl)cc1O. The van der Waals surface area contributed by atoms with Crippen molar-refractivity contribution in [2.45, 2.75) is 6.92 Å². The van der Waals surface area contributed by atoms with E-state index in [1.54, 1.807) is 6.92 Å². The molecule has 0 atom stereocenters. The maximum atomic E-state index is 8.97. The minimum absolute atomic E-state index is 0.0113. The number of hydrogen-bond acceptors (Lipinski definition) is 3. The second-order valence-electron chi connectivity index (χ2n) is 1.90. The van der Waals surface area contributed by atoms with Gasteiger partial charge in [0.25, 0.3) is 0 Å². The lowest BCUT2D eigenvalue weighted by Crippen LogP contribution is -1.82. The fraction of sp³-hybridized carbons (Fsp3) is 0.167. The van der Waals surface area contributed by atoms with Crippen LogP contribution in [0, 0.1) is 6.92 Å². The molecule has 0 amide bonds. The van der Waals surface area contributed by atoms with E-state index >= 15 is 0 Å². The lowest BCUT2D eigenvalue weighted by atomic mass is 10.3. The van der Waals surface area contributed by atoms with Crippen LogP contribution in [0.15, 0.2) is 6.07 Å². The Kier molecular flexibility index (Phi) is 1.68. The van der Waals surface area contributed by atoms with Crippen LogP contribution in [0.4, 0.5) is 0 Å². The van der Waals surface area contributed by atoms with Crippen molar-refractivity contribution in [1.29, 1.82) is 0 Å². The van der Waals surface area contributed by atoms with E-state index in [-0.39, 0.29) is 16.7 Å². The van der Waals surface area contributed by atoms with Gasteiger partial charge in [-0.05, 0) is 6.92 Å². The number of hydrogen-bond donors (Lipinski definition) is 2. The fourth-order valence-corrected chi connectivity index (χ4v) is 0.704. The third-order valence-electron chi connectivity index (χ3n) is 1.12. The highest BCUT2D eigenvalue weighted by molar-refractivity contribution is 6.31. The van der Waals surface area contributed by atoms with Crippen LogP contribution in [0.3, 0.4) is 0 Å². The van der Waals surface area contributed by atoms with Crippen LogP contribution < -0.4 is 0 Å². The van der Waals surface area contributed by atoms with Crippen molar-refractivity contribution >= 4 is 11.6 Å². The Hall–Kier alpha value is -0.960. The number of aromatic nitrogens is 1. The molecule has 1 heterocycles. The maximum Gasteiger partial charge on any atom is 0.230 e. The highest BCUT2D eigenvalue weighted by atomic mass is 35.5. The third-order valence-corrected chi connectivity index (χ3v) is 1.40. The highest BCUT2D eigenvalue weighted by Crippen LogP contribution is 2.26. The largest absolute Gasteiger partial charge is 0.506 e. The minimum atomic E-state index is -0.253. The predicted octanol–water partition coefficient (Wildman–Crippen LogP) is 1.45. The Morgan fingerprint density at radius 1 is 1.50 bits per heavy atom. The summed E-state index contributed by atoms with van der Waals surface area (Å²) >= 11 is 5.41. The predicted molar refractivity (Wildman–Crippen MR) is 37.3 cm³/mol. The zero-order valence-corrected chi connectivity index (χ0v) is 6.05. The van der Waals surface area contributed by atoms with E-state index < -0.39 is 0 Å². The number of pyridine rings is 1. The van der Waals surface area contributed by atoms with Gasteiger partial charge in [0, 0.05) is 6.07 Å². The molecule has 0 saturated carbocycles. The first-order valence-electron chi connectivity index (χ1n) is 2.66. The monoisotopic (exact) mass is 159 g/mol. The molecule has 10 heavy (non-hydrogen) atoms. The zero-order valence-electron chi connectivity index (χ0n) is 5.30. The molecule has 0 radical (unpaired) electrons. The van der Waals surface area contributed by atoms with Gasteiger partial charge in [-0.1, -0.05) is 11.6 Å². The quantitative estimate of drug-likeness (QED) is 0.603. The van der Waals surface area contributed by atoms with E-state index in [4.69, 9.17) is 21.8 Å². The molecular formula is C6H6ClNO2. The van der Waals surface area contributed by atoms with Gasteiger partial charge in [-0.25, -0.2) is 4.98 Å². The molecule has 3 nitrogen and oxygen atoms in total. The number of aromatic hydroxyl groups is 2. The molecule has 0 saturated heterocycles. The summed E-state index contributed by atoms with van der Waals surface area (Å²) < 4.78 is 0. The summed E-state index contributed by atoms with van der Waals surface area (Å²) in [5.41, 5.74) is 0.363.